The van der Waals surface area contributed by atoms with E-state index in [4.69, 9.17) is 0 Å². The van der Waals surface area contributed by atoms with Crippen LogP contribution in [0.4, 0.5) is 0 Å². The smallest absolute Gasteiger partial charge is 0.234 e. The second kappa shape index (κ2) is 7.38. The number of aromatic nitrogens is 1. The van der Waals surface area contributed by atoms with Crippen molar-refractivity contribution in [2.75, 3.05) is 26.7 Å². The number of para-hydroxylation sites is 1. The van der Waals surface area contributed by atoms with E-state index < -0.39 is 0 Å². The Morgan fingerprint density at radius 2 is 2.26 bits per heavy atom. The molecule has 2 aromatic rings. The molecule has 2 N–H and O–H groups in total. The number of hydrogen-bond acceptors (Lipinski definition) is 5. The number of thiazole rings is 1. The molecule has 3 rings (SSSR count). The summed E-state index contributed by atoms with van der Waals surface area (Å²) in [4.78, 5) is 18.4. The lowest BCUT2D eigenvalue weighted by molar-refractivity contribution is -0.122. The van der Waals surface area contributed by atoms with Gasteiger partial charge in [-0.25, -0.2) is 4.98 Å². The lowest BCUT2D eigenvalue weighted by Gasteiger charge is -2.19. The van der Waals surface area contributed by atoms with Crippen LogP contribution in [0.25, 0.3) is 10.2 Å². The van der Waals surface area contributed by atoms with Crippen molar-refractivity contribution < 1.29 is 9.90 Å². The molecule has 124 valence electrons. The molecule has 0 bridgehead atoms. The normalized spacial score (nSPS) is 16.0. The molecule has 1 aliphatic rings. The Hall–Kier alpha value is -1.50. The predicted molar refractivity (Wildman–Crippen MR) is 92.6 cm³/mol. The Labute approximate surface area is 140 Å². The molecule has 1 saturated carbocycles. The Morgan fingerprint density at radius 1 is 1.48 bits per heavy atom. The Bertz CT molecular complexity index is 636. The van der Waals surface area contributed by atoms with Crippen molar-refractivity contribution in [2.24, 2.45) is 5.92 Å². The quantitative estimate of drug-likeness (QED) is 0.771. The van der Waals surface area contributed by atoms with Crippen LogP contribution in [-0.2, 0) is 11.2 Å². The van der Waals surface area contributed by atoms with Crippen LogP contribution < -0.4 is 5.32 Å². The molecule has 1 atom stereocenters. The summed E-state index contributed by atoms with van der Waals surface area (Å²) < 4.78 is 1.18. The van der Waals surface area contributed by atoms with Gasteiger partial charge in [-0.1, -0.05) is 12.1 Å². The number of carbonyl (C=O) groups excluding carboxylic acids is 1. The summed E-state index contributed by atoms with van der Waals surface area (Å²) in [6, 6.07) is 8.07. The highest BCUT2D eigenvalue weighted by molar-refractivity contribution is 7.18. The van der Waals surface area contributed by atoms with E-state index in [2.05, 4.69) is 16.4 Å². The van der Waals surface area contributed by atoms with Crippen molar-refractivity contribution in [1.82, 2.24) is 15.2 Å². The molecule has 1 aromatic heterocycles. The van der Waals surface area contributed by atoms with Crippen LogP contribution in [-0.4, -0.2) is 53.7 Å². The van der Waals surface area contributed by atoms with Crippen LogP contribution in [0.1, 0.15) is 17.8 Å². The zero-order chi connectivity index (χ0) is 16.2. The first-order valence-electron chi connectivity index (χ1n) is 8.09. The van der Waals surface area contributed by atoms with Crippen molar-refractivity contribution in [3.8, 4) is 0 Å². The van der Waals surface area contributed by atoms with Gasteiger partial charge in [-0.05, 0) is 37.9 Å². The number of nitrogens with one attached hydrogen (secondary N) is 1. The van der Waals surface area contributed by atoms with Gasteiger partial charge in [0, 0.05) is 19.5 Å². The van der Waals surface area contributed by atoms with E-state index >= 15 is 0 Å². The molecule has 0 spiro atoms. The molecule has 0 saturated heterocycles. The van der Waals surface area contributed by atoms with Crippen molar-refractivity contribution >= 4 is 27.5 Å². The zero-order valence-corrected chi connectivity index (χ0v) is 14.2. The van der Waals surface area contributed by atoms with E-state index in [0.717, 1.165) is 29.8 Å². The molecule has 23 heavy (non-hydrogen) atoms. The fourth-order valence-corrected chi connectivity index (χ4v) is 3.62. The van der Waals surface area contributed by atoms with Gasteiger partial charge in [-0.15, -0.1) is 11.3 Å². The molecule has 1 fully saturated rings. The topological polar surface area (TPSA) is 65.5 Å². The summed E-state index contributed by atoms with van der Waals surface area (Å²) in [5, 5.41) is 13.9. The number of aliphatic hydroxyl groups is 1. The third-order valence-corrected chi connectivity index (χ3v) is 5.17. The van der Waals surface area contributed by atoms with Crippen LogP contribution in [0, 0.1) is 5.92 Å². The first-order valence-corrected chi connectivity index (χ1v) is 8.91. The maximum Gasteiger partial charge on any atom is 0.234 e. The van der Waals surface area contributed by atoms with Crippen molar-refractivity contribution in [3.05, 3.63) is 29.3 Å². The van der Waals surface area contributed by atoms with Gasteiger partial charge in [-0.2, -0.15) is 0 Å². The number of fused-ring (bicyclic) bond motifs is 1. The third-order valence-electron chi connectivity index (χ3n) is 4.08. The molecular formula is C17H23N3O2S. The van der Waals surface area contributed by atoms with E-state index in [-0.39, 0.29) is 12.0 Å². The highest BCUT2D eigenvalue weighted by Gasteiger charge is 2.30. The second-order valence-electron chi connectivity index (χ2n) is 6.28. The first-order chi connectivity index (χ1) is 11.1. The molecule has 1 heterocycles. The number of benzene rings is 1. The Kier molecular flexibility index (Phi) is 5.25. The van der Waals surface area contributed by atoms with Gasteiger partial charge in [-0.3, -0.25) is 9.69 Å². The highest BCUT2D eigenvalue weighted by Crippen LogP contribution is 2.32. The monoisotopic (exact) mass is 333 g/mol. The van der Waals surface area contributed by atoms with Gasteiger partial charge < -0.3 is 10.4 Å². The predicted octanol–water partition coefficient (Wildman–Crippen LogP) is 1.66. The molecular weight excluding hydrogens is 310 g/mol. The number of carbonyl (C=O) groups is 1. The molecule has 6 heteroatoms. The van der Waals surface area contributed by atoms with Crippen LogP contribution in [0.15, 0.2) is 24.3 Å². The van der Waals surface area contributed by atoms with Crippen LogP contribution in [0.2, 0.25) is 0 Å². The van der Waals surface area contributed by atoms with Crippen molar-refractivity contribution in [3.63, 3.8) is 0 Å². The molecule has 0 aliphatic heterocycles. The summed E-state index contributed by atoms with van der Waals surface area (Å²) in [5.41, 5.74) is 1.02. The molecule has 1 aromatic carbocycles. The lowest BCUT2D eigenvalue weighted by atomic mass is 10.2. The minimum Gasteiger partial charge on any atom is -0.392 e. The summed E-state index contributed by atoms with van der Waals surface area (Å²) in [5.74, 6) is 0.441. The van der Waals surface area contributed by atoms with E-state index in [1.165, 1.54) is 4.70 Å². The van der Waals surface area contributed by atoms with Crippen molar-refractivity contribution in [1.29, 1.82) is 0 Å². The number of likely N-dealkylation sites (N-methyl/N-ethyl adjacent to an activating group) is 1. The highest BCUT2D eigenvalue weighted by atomic mass is 32.1. The van der Waals surface area contributed by atoms with Crippen molar-refractivity contribution in [2.45, 2.75) is 25.4 Å². The molecule has 5 nitrogen and oxygen atoms in total. The van der Waals surface area contributed by atoms with Gasteiger partial charge in [0.15, 0.2) is 0 Å². The third kappa shape index (κ3) is 4.73. The van der Waals surface area contributed by atoms with E-state index in [1.807, 2.05) is 30.1 Å². The maximum absolute atomic E-state index is 11.9. The SMILES string of the molecule is CN(CC(=O)NCCc1nc2ccccc2s1)CC(O)C1CC1. The Balaban J connectivity index is 1.38. The van der Waals surface area contributed by atoms with Gasteiger partial charge in [0.1, 0.15) is 0 Å². The van der Waals surface area contributed by atoms with Crippen LogP contribution in [0.3, 0.4) is 0 Å². The minimum absolute atomic E-state index is 0.00314. The van der Waals surface area contributed by atoms with Gasteiger partial charge >= 0.3 is 0 Å². The first kappa shape index (κ1) is 16.4. The maximum atomic E-state index is 11.9. The van der Waals surface area contributed by atoms with Gasteiger partial charge in [0.25, 0.3) is 0 Å². The Morgan fingerprint density at radius 3 is 3.00 bits per heavy atom. The lowest BCUT2D eigenvalue weighted by Crippen LogP contribution is -2.39. The standard InChI is InChI=1S/C17H23N3O2S/c1-20(10-14(21)12-6-7-12)11-16(22)18-9-8-17-19-13-4-2-3-5-15(13)23-17/h2-5,12,14,21H,6-11H2,1H3,(H,18,22). The number of hydrogen-bond donors (Lipinski definition) is 2. The van der Waals surface area contributed by atoms with E-state index in [0.29, 0.717) is 25.6 Å². The number of nitrogens with zero attached hydrogens (tertiary/aromatic N) is 2. The van der Waals surface area contributed by atoms with Gasteiger partial charge in [0.05, 0.1) is 27.9 Å². The van der Waals surface area contributed by atoms with Crippen LogP contribution >= 0.6 is 11.3 Å². The summed E-state index contributed by atoms with van der Waals surface area (Å²) in [6.45, 7) is 1.48. The minimum atomic E-state index is -0.296. The van der Waals surface area contributed by atoms with E-state index in [1.54, 1.807) is 11.3 Å². The van der Waals surface area contributed by atoms with E-state index in [9.17, 15) is 9.90 Å². The summed E-state index contributed by atoms with van der Waals surface area (Å²) in [6.07, 6.45) is 2.68. The zero-order valence-electron chi connectivity index (χ0n) is 13.4. The van der Waals surface area contributed by atoms with Gasteiger partial charge in [0.2, 0.25) is 5.91 Å². The number of amides is 1. The summed E-state index contributed by atoms with van der Waals surface area (Å²) >= 11 is 1.68. The molecule has 0 radical (unpaired) electrons. The van der Waals surface area contributed by atoms with Crippen LogP contribution in [0.5, 0.6) is 0 Å². The second-order valence-corrected chi connectivity index (χ2v) is 7.39. The average molecular weight is 333 g/mol. The number of aliphatic hydroxyl groups excluding tert-OH is 1. The fourth-order valence-electron chi connectivity index (χ4n) is 2.65. The molecule has 1 unspecified atom stereocenters. The molecule has 1 amide bonds. The summed E-state index contributed by atoms with van der Waals surface area (Å²) in [7, 11) is 1.87. The fraction of sp³-hybridized carbons (Fsp3) is 0.529. The molecule has 1 aliphatic carbocycles. The number of rotatable bonds is 8. The largest absolute Gasteiger partial charge is 0.392 e. The average Bonchev–Trinajstić information content (AvgIpc) is 3.27.